The summed E-state index contributed by atoms with van der Waals surface area (Å²) in [6, 6.07) is 16.4. The van der Waals surface area contributed by atoms with E-state index in [4.69, 9.17) is 0 Å². The van der Waals surface area contributed by atoms with Gasteiger partial charge in [-0.3, -0.25) is 9.59 Å². The second kappa shape index (κ2) is 8.63. The van der Waals surface area contributed by atoms with Gasteiger partial charge in [-0.05, 0) is 49.1 Å². The van der Waals surface area contributed by atoms with Gasteiger partial charge in [-0.15, -0.1) is 0 Å². The Balaban J connectivity index is 1.64. The van der Waals surface area contributed by atoms with E-state index in [0.717, 1.165) is 44.5 Å². The zero-order valence-corrected chi connectivity index (χ0v) is 15.1. The van der Waals surface area contributed by atoms with Crippen LogP contribution < -0.4 is 11.1 Å². The third kappa shape index (κ3) is 4.70. The number of H-pyrrole nitrogens is 2. The molecule has 0 spiro atoms. The van der Waals surface area contributed by atoms with Crippen LogP contribution in [0.1, 0.15) is 24.5 Å². The zero-order chi connectivity index (χ0) is 18.4. The molecule has 26 heavy (non-hydrogen) atoms. The number of fused-ring (bicyclic) bond motifs is 1. The number of benzene rings is 2. The van der Waals surface area contributed by atoms with Crippen molar-refractivity contribution in [3.05, 3.63) is 80.4 Å². The molecular weight excluding hydrogens is 326 g/mol. The van der Waals surface area contributed by atoms with Crippen LogP contribution in [0.5, 0.6) is 0 Å². The maximum atomic E-state index is 11.5. The van der Waals surface area contributed by atoms with Gasteiger partial charge in [-0.25, -0.2) is 0 Å². The molecule has 0 atom stereocenters. The fraction of sp³-hybridized carbons (Fsp3) is 0.333. The molecule has 5 nitrogen and oxygen atoms in total. The molecule has 0 fully saturated rings. The first-order valence-corrected chi connectivity index (χ1v) is 9.17. The van der Waals surface area contributed by atoms with Crippen molar-refractivity contribution in [2.75, 3.05) is 19.6 Å². The van der Waals surface area contributed by atoms with Gasteiger partial charge >= 0.3 is 11.1 Å². The monoisotopic (exact) mass is 351 g/mol. The minimum atomic E-state index is -0.611. The molecule has 2 aromatic carbocycles. The number of hydrogen-bond acceptors (Lipinski definition) is 3. The lowest BCUT2D eigenvalue weighted by Crippen LogP contribution is -2.29. The predicted octanol–water partition coefficient (Wildman–Crippen LogP) is 2.71. The Bertz CT molecular complexity index is 960. The Morgan fingerprint density at radius 2 is 1.42 bits per heavy atom. The Hall–Kier alpha value is -2.66. The molecule has 1 heterocycles. The molecule has 2 N–H and O–H groups in total. The number of nitrogens with one attached hydrogen (secondary N) is 2. The fourth-order valence-corrected chi connectivity index (χ4v) is 3.19. The SMILES string of the molecule is CCCN(CCc1ccccc1)CCc1ccc2[nH]c(=O)c(=O)[nH]c2c1. The summed E-state index contributed by atoms with van der Waals surface area (Å²) in [5, 5.41) is 0. The van der Waals surface area contributed by atoms with Crippen molar-refractivity contribution in [3.8, 4) is 0 Å². The van der Waals surface area contributed by atoms with Crippen LogP contribution in [0.15, 0.2) is 58.1 Å². The van der Waals surface area contributed by atoms with E-state index in [1.54, 1.807) is 0 Å². The molecule has 0 saturated heterocycles. The van der Waals surface area contributed by atoms with E-state index in [1.165, 1.54) is 5.56 Å². The van der Waals surface area contributed by atoms with E-state index < -0.39 is 11.1 Å². The van der Waals surface area contributed by atoms with Crippen molar-refractivity contribution in [3.63, 3.8) is 0 Å². The summed E-state index contributed by atoms with van der Waals surface area (Å²) in [6.45, 7) is 5.28. The lowest BCUT2D eigenvalue weighted by molar-refractivity contribution is 0.281. The number of rotatable bonds is 8. The summed E-state index contributed by atoms with van der Waals surface area (Å²) in [4.78, 5) is 30.6. The van der Waals surface area contributed by atoms with Crippen LogP contribution in [0.3, 0.4) is 0 Å². The molecule has 3 rings (SSSR count). The number of aromatic nitrogens is 2. The summed E-state index contributed by atoms with van der Waals surface area (Å²) in [7, 11) is 0. The summed E-state index contributed by atoms with van der Waals surface area (Å²) >= 11 is 0. The second-order valence-corrected chi connectivity index (χ2v) is 6.62. The van der Waals surface area contributed by atoms with Gasteiger partial charge in [0.15, 0.2) is 0 Å². The highest BCUT2D eigenvalue weighted by Gasteiger charge is 2.06. The van der Waals surface area contributed by atoms with Crippen LogP contribution >= 0.6 is 0 Å². The summed E-state index contributed by atoms with van der Waals surface area (Å²) in [6.07, 6.45) is 3.08. The number of nitrogens with zero attached hydrogens (tertiary/aromatic N) is 1. The smallest absolute Gasteiger partial charge is 0.314 e. The van der Waals surface area contributed by atoms with Gasteiger partial charge in [-0.2, -0.15) is 0 Å². The molecule has 0 radical (unpaired) electrons. The minimum Gasteiger partial charge on any atom is -0.316 e. The average molecular weight is 351 g/mol. The highest BCUT2D eigenvalue weighted by molar-refractivity contribution is 5.74. The van der Waals surface area contributed by atoms with Crippen molar-refractivity contribution in [2.24, 2.45) is 0 Å². The molecular formula is C21H25N3O2. The van der Waals surface area contributed by atoms with Gasteiger partial charge < -0.3 is 14.9 Å². The quantitative estimate of drug-likeness (QED) is 0.613. The lowest BCUT2D eigenvalue weighted by atomic mass is 10.1. The Labute approximate surface area is 152 Å². The van der Waals surface area contributed by atoms with Crippen LogP contribution in [-0.4, -0.2) is 34.5 Å². The van der Waals surface area contributed by atoms with E-state index in [0.29, 0.717) is 11.0 Å². The normalized spacial score (nSPS) is 11.3. The first kappa shape index (κ1) is 18.1. The Morgan fingerprint density at radius 1 is 0.769 bits per heavy atom. The van der Waals surface area contributed by atoms with Crippen molar-refractivity contribution in [1.29, 1.82) is 0 Å². The van der Waals surface area contributed by atoms with E-state index in [1.807, 2.05) is 24.3 Å². The molecule has 0 amide bonds. The molecule has 3 aromatic rings. The van der Waals surface area contributed by atoms with E-state index in [2.05, 4.69) is 46.1 Å². The lowest BCUT2D eigenvalue weighted by Gasteiger charge is -2.21. The molecule has 0 saturated carbocycles. The molecule has 0 unspecified atom stereocenters. The average Bonchev–Trinajstić information content (AvgIpc) is 2.66. The van der Waals surface area contributed by atoms with E-state index in [-0.39, 0.29) is 0 Å². The molecule has 1 aromatic heterocycles. The first-order valence-electron chi connectivity index (χ1n) is 9.17. The number of hydrogen-bond donors (Lipinski definition) is 2. The standard InChI is InChI=1S/C21H25N3O2/c1-2-12-24(13-10-16-6-4-3-5-7-16)14-11-17-8-9-18-19(15-17)23-21(26)20(25)22-18/h3-9,15H,2,10-14H2,1H3,(H,22,25)(H,23,26). The predicted molar refractivity (Wildman–Crippen MR) is 106 cm³/mol. The molecule has 5 heteroatoms. The van der Waals surface area contributed by atoms with Crippen molar-refractivity contribution < 1.29 is 0 Å². The van der Waals surface area contributed by atoms with Crippen LogP contribution in [0.2, 0.25) is 0 Å². The van der Waals surface area contributed by atoms with Gasteiger partial charge in [0, 0.05) is 13.1 Å². The largest absolute Gasteiger partial charge is 0.316 e. The van der Waals surface area contributed by atoms with Crippen LogP contribution in [-0.2, 0) is 12.8 Å². The highest BCUT2D eigenvalue weighted by atomic mass is 16.2. The maximum Gasteiger partial charge on any atom is 0.314 e. The Morgan fingerprint density at radius 3 is 2.12 bits per heavy atom. The van der Waals surface area contributed by atoms with Crippen molar-refractivity contribution in [2.45, 2.75) is 26.2 Å². The van der Waals surface area contributed by atoms with Gasteiger partial charge in [0.1, 0.15) is 0 Å². The summed E-state index contributed by atoms with van der Waals surface area (Å²) < 4.78 is 0. The van der Waals surface area contributed by atoms with Crippen molar-refractivity contribution in [1.82, 2.24) is 14.9 Å². The molecule has 0 aliphatic heterocycles. The summed E-state index contributed by atoms with van der Waals surface area (Å²) in [5.41, 5.74) is 2.64. The molecule has 0 aliphatic rings. The van der Waals surface area contributed by atoms with Gasteiger partial charge in [0.2, 0.25) is 0 Å². The topological polar surface area (TPSA) is 69.0 Å². The molecule has 136 valence electrons. The minimum absolute atomic E-state index is 0.606. The van der Waals surface area contributed by atoms with Gasteiger partial charge in [0.25, 0.3) is 0 Å². The molecule has 0 aliphatic carbocycles. The third-order valence-electron chi connectivity index (χ3n) is 4.60. The zero-order valence-electron chi connectivity index (χ0n) is 15.1. The van der Waals surface area contributed by atoms with Crippen LogP contribution in [0.25, 0.3) is 11.0 Å². The van der Waals surface area contributed by atoms with Crippen LogP contribution in [0, 0.1) is 0 Å². The highest BCUT2D eigenvalue weighted by Crippen LogP contribution is 2.11. The molecule has 0 bridgehead atoms. The Kier molecular flexibility index (Phi) is 6.02. The maximum absolute atomic E-state index is 11.5. The second-order valence-electron chi connectivity index (χ2n) is 6.62. The van der Waals surface area contributed by atoms with Crippen LogP contribution in [0.4, 0.5) is 0 Å². The van der Waals surface area contributed by atoms with Crippen molar-refractivity contribution >= 4 is 11.0 Å². The fourth-order valence-electron chi connectivity index (χ4n) is 3.19. The van der Waals surface area contributed by atoms with E-state index >= 15 is 0 Å². The van der Waals surface area contributed by atoms with E-state index in [9.17, 15) is 9.59 Å². The summed E-state index contributed by atoms with van der Waals surface area (Å²) in [5.74, 6) is 0. The number of aromatic amines is 2. The van der Waals surface area contributed by atoms with Gasteiger partial charge in [0.05, 0.1) is 11.0 Å². The first-order chi connectivity index (χ1) is 12.7. The third-order valence-corrected chi connectivity index (χ3v) is 4.60. The van der Waals surface area contributed by atoms with Gasteiger partial charge in [-0.1, -0.05) is 43.3 Å².